The molecule has 5 heteroatoms. The maximum absolute atomic E-state index is 12.7. The van der Waals surface area contributed by atoms with Crippen molar-refractivity contribution < 1.29 is 14.7 Å². The van der Waals surface area contributed by atoms with Crippen LogP contribution in [-0.2, 0) is 22.4 Å². The molecule has 2 amide bonds. The van der Waals surface area contributed by atoms with E-state index in [0.29, 0.717) is 25.7 Å². The Morgan fingerprint density at radius 3 is 2.38 bits per heavy atom. The molecule has 1 fully saturated rings. The molecule has 3 atom stereocenters. The smallest absolute Gasteiger partial charge is 0.223 e. The van der Waals surface area contributed by atoms with Gasteiger partial charge in [0.05, 0.1) is 12.1 Å². The topological polar surface area (TPSA) is 78.4 Å². The van der Waals surface area contributed by atoms with E-state index in [1.54, 1.807) is 0 Å². The molecule has 0 aromatic heterocycles. The Hall–Kier alpha value is -1.88. The van der Waals surface area contributed by atoms with Crippen molar-refractivity contribution >= 4 is 11.8 Å². The Morgan fingerprint density at radius 1 is 1.12 bits per heavy atom. The molecule has 2 aliphatic rings. The molecule has 3 N–H and O–H groups in total. The Labute approximate surface area is 155 Å². The molecule has 0 heterocycles. The zero-order valence-corrected chi connectivity index (χ0v) is 15.7. The number of nitrogens with one attached hydrogen (secondary N) is 2. The molecule has 0 aliphatic heterocycles. The van der Waals surface area contributed by atoms with Crippen LogP contribution in [0, 0.1) is 11.8 Å². The van der Waals surface area contributed by atoms with E-state index in [1.807, 2.05) is 26.0 Å². The number of carbonyl (C=O) groups excluding carboxylic acids is 2. The van der Waals surface area contributed by atoms with Crippen LogP contribution in [0.5, 0.6) is 0 Å². The van der Waals surface area contributed by atoms with Gasteiger partial charge in [0.2, 0.25) is 11.8 Å². The summed E-state index contributed by atoms with van der Waals surface area (Å²) >= 11 is 0. The minimum Gasteiger partial charge on any atom is -0.391 e. The number of aliphatic hydroxyl groups excluding tert-OH is 1. The van der Waals surface area contributed by atoms with Crippen LogP contribution in [0.1, 0.15) is 50.7 Å². The fraction of sp³-hybridized carbons (Fsp3) is 0.619. The molecule has 0 unspecified atom stereocenters. The number of carbonyl (C=O) groups is 2. The third-order valence-electron chi connectivity index (χ3n) is 5.52. The van der Waals surface area contributed by atoms with Crippen molar-refractivity contribution in [1.29, 1.82) is 0 Å². The van der Waals surface area contributed by atoms with Gasteiger partial charge in [-0.15, -0.1) is 0 Å². The summed E-state index contributed by atoms with van der Waals surface area (Å²) in [6.07, 6.45) is 3.37. The lowest BCUT2D eigenvalue weighted by atomic mass is 9.83. The molecule has 0 spiro atoms. The van der Waals surface area contributed by atoms with Crippen molar-refractivity contribution in [2.45, 2.75) is 70.6 Å². The second-order valence-corrected chi connectivity index (χ2v) is 8.23. The predicted octanol–water partition coefficient (Wildman–Crippen LogP) is 1.96. The molecule has 1 aromatic rings. The number of aliphatic hydroxyl groups is 1. The van der Waals surface area contributed by atoms with Crippen LogP contribution in [0.25, 0.3) is 0 Å². The third kappa shape index (κ3) is 4.64. The maximum atomic E-state index is 12.7. The highest BCUT2D eigenvalue weighted by Gasteiger charge is 2.35. The maximum Gasteiger partial charge on any atom is 0.223 e. The van der Waals surface area contributed by atoms with Gasteiger partial charge in [0.1, 0.15) is 0 Å². The molecule has 0 radical (unpaired) electrons. The molecule has 1 aromatic carbocycles. The van der Waals surface area contributed by atoms with Crippen LogP contribution in [0.2, 0.25) is 0 Å². The van der Waals surface area contributed by atoms with Crippen LogP contribution < -0.4 is 10.6 Å². The quantitative estimate of drug-likeness (QED) is 0.753. The highest BCUT2D eigenvalue weighted by atomic mass is 16.3. The standard InChI is InChI=1S/C21H30N2O3/c1-13(2)9-20(25)23-18-12-16(7-8-19(18)24)21(26)22-17-10-14-5-3-4-6-15(14)11-17/h3-6,13,16-19,24H,7-12H2,1-2H3,(H,22,26)(H,23,25)/t16-,18+,19+/m0/s1. The van der Waals surface area contributed by atoms with Gasteiger partial charge in [-0.3, -0.25) is 9.59 Å². The van der Waals surface area contributed by atoms with E-state index in [-0.39, 0.29) is 35.7 Å². The van der Waals surface area contributed by atoms with Crippen molar-refractivity contribution in [1.82, 2.24) is 10.6 Å². The van der Waals surface area contributed by atoms with Crippen LogP contribution >= 0.6 is 0 Å². The molecule has 142 valence electrons. The van der Waals surface area contributed by atoms with E-state index in [0.717, 1.165) is 12.8 Å². The van der Waals surface area contributed by atoms with E-state index < -0.39 is 6.10 Å². The number of rotatable bonds is 5. The van der Waals surface area contributed by atoms with Crippen molar-refractivity contribution in [2.75, 3.05) is 0 Å². The Balaban J connectivity index is 1.52. The highest BCUT2D eigenvalue weighted by molar-refractivity contribution is 5.80. The number of amides is 2. The van der Waals surface area contributed by atoms with Gasteiger partial charge in [-0.2, -0.15) is 0 Å². The normalized spacial score (nSPS) is 25.8. The summed E-state index contributed by atoms with van der Waals surface area (Å²) in [6, 6.07) is 8.15. The van der Waals surface area contributed by atoms with Crippen molar-refractivity contribution in [3.8, 4) is 0 Å². The van der Waals surface area contributed by atoms with Crippen molar-refractivity contribution in [3.05, 3.63) is 35.4 Å². The van der Waals surface area contributed by atoms with Gasteiger partial charge in [0, 0.05) is 18.4 Å². The molecule has 26 heavy (non-hydrogen) atoms. The van der Waals surface area contributed by atoms with E-state index in [2.05, 4.69) is 22.8 Å². The van der Waals surface area contributed by atoms with Crippen LogP contribution in [0.4, 0.5) is 0 Å². The molecule has 3 rings (SSSR count). The Bertz CT molecular complexity index is 633. The van der Waals surface area contributed by atoms with Crippen LogP contribution in [0.15, 0.2) is 24.3 Å². The van der Waals surface area contributed by atoms with E-state index in [4.69, 9.17) is 0 Å². The van der Waals surface area contributed by atoms with Gasteiger partial charge in [0.15, 0.2) is 0 Å². The Morgan fingerprint density at radius 2 is 1.77 bits per heavy atom. The molecule has 0 saturated heterocycles. The Kier molecular flexibility index (Phi) is 5.97. The van der Waals surface area contributed by atoms with Gasteiger partial charge in [-0.05, 0) is 49.1 Å². The molecule has 2 aliphatic carbocycles. The average molecular weight is 358 g/mol. The van der Waals surface area contributed by atoms with E-state index >= 15 is 0 Å². The van der Waals surface area contributed by atoms with Crippen molar-refractivity contribution in [3.63, 3.8) is 0 Å². The summed E-state index contributed by atoms with van der Waals surface area (Å²) in [5, 5.41) is 16.3. The lowest BCUT2D eigenvalue weighted by Gasteiger charge is -2.33. The first-order chi connectivity index (χ1) is 12.4. The molecule has 1 saturated carbocycles. The second-order valence-electron chi connectivity index (χ2n) is 8.23. The fourth-order valence-corrected chi connectivity index (χ4v) is 4.16. The van der Waals surface area contributed by atoms with Crippen molar-refractivity contribution in [2.24, 2.45) is 11.8 Å². The van der Waals surface area contributed by atoms with Gasteiger partial charge in [-0.1, -0.05) is 38.1 Å². The summed E-state index contributed by atoms with van der Waals surface area (Å²) in [4.78, 5) is 24.7. The first kappa shape index (κ1) is 18.9. The lowest BCUT2D eigenvalue weighted by Crippen LogP contribution is -2.50. The number of hydrogen-bond donors (Lipinski definition) is 3. The first-order valence-electron chi connectivity index (χ1n) is 9.77. The summed E-state index contributed by atoms with van der Waals surface area (Å²) < 4.78 is 0. The minimum atomic E-state index is -0.564. The molecular formula is C21H30N2O3. The summed E-state index contributed by atoms with van der Waals surface area (Å²) in [6.45, 7) is 3.99. The lowest BCUT2D eigenvalue weighted by molar-refractivity contribution is -0.130. The van der Waals surface area contributed by atoms with E-state index in [1.165, 1.54) is 11.1 Å². The third-order valence-corrected chi connectivity index (χ3v) is 5.52. The largest absolute Gasteiger partial charge is 0.391 e. The summed E-state index contributed by atoms with van der Waals surface area (Å²) in [5.41, 5.74) is 2.63. The van der Waals surface area contributed by atoms with Crippen LogP contribution in [0.3, 0.4) is 0 Å². The number of benzene rings is 1. The highest BCUT2D eigenvalue weighted by Crippen LogP contribution is 2.27. The fourth-order valence-electron chi connectivity index (χ4n) is 4.16. The van der Waals surface area contributed by atoms with E-state index in [9.17, 15) is 14.7 Å². The molecule has 0 bridgehead atoms. The average Bonchev–Trinajstić information content (AvgIpc) is 2.98. The monoisotopic (exact) mass is 358 g/mol. The number of hydrogen-bond acceptors (Lipinski definition) is 3. The van der Waals surface area contributed by atoms with Gasteiger partial charge >= 0.3 is 0 Å². The SMILES string of the molecule is CC(C)CC(=O)N[C@@H]1C[C@@H](C(=O)NC2Cc3ccccc3C2)CC[C@H]1O. The molecular weight excluding hydrogens is 328 g/mol. The predicted molar refractivity (Wildman–Crippen MR) is 101 cm³/mol. The second kappa shape index (κ2) is 8.21. The van der Waals surface area contributed by atoms with Gasteiger partial charge < -0.3 is 15.7 Å². The zero-order chi connectivity index (χ0) is 18.7. The van der Waals surface area contributed by atoms with Gasteiger partial charge in [-0.25, -0.2) is 0 Å². The first-order valence-corrected chi connectivity index (χ1v) is 9.77. The van der Waals surface area contributed by atoms with Crippen LogP contribution in [-0.4, -0.2) is 35.1 Å². The summed E-state index contributed by atoms with van der Waals surface area (Å²) in [7, 11) is 0. The zero-order valence-electron chi connectivity index (χ0n) is 15.7. The summed E-state index contributed by atoms with van der Waals surface area (Å²) in [5.74, 6) is 0.138. The number of fused-ring (bicyclic) bond motifs is 1. The minimum absolute atomic E-state index is 0.0450. The van der Waals surface area contributed by atoms with Gasteiger partial charge in [0.25, 0.3) is 0 Å². The molecule has 5 nitrogen and oxygen atoms in total.